The summed E-state index contributed by atoms with van der Waals surface area (Å²) in [6.45, 7) is 3.01. The number of benzene rings is 3. The Morgan fingerprint density at radius 2 is 1.15 bits per heavy atom. The molecule has 4 heteroatoms. The van der Waals surface area contributed by atoms with Crippen LogP contribution in [0.5, 0.6) is 0 Å². The molecule has 0 N–H and O–H groups in total. The van der Waals surface area contributed by atoms with Crippen LogP contribution < -0.4 is 0 Å². The Morgan fingerprint density at radius 1 is 0.727 bits per heavy atom. The Balaban J connectivity index is 1.76. The summed E-state index contributed by atoms with van der Waals surface area (Å²) in [5, 5.41) is 0. The van der Waals surface area contributed by atoms with Gasteiger partial charge in [0.1, 0.15) is 0 Å². The lowest BCUT2D eigenvalue weighted by molar-refractivity contribution is 0.0560. The summed E-state index contributed by atoms with van der Waals surface area (Å²) in [5.41, 5.74) is 2.49. The number of Topliss-reactive ketones (excluding diaryl/α,β-unsaturated/α-hetero) is 2. The lowest BCUT2D eigenvalue weighted by Gasteiger charge is -2.43. The van der Waals surface area contributed by atoms with E-state index in [0.29, 0.717) is 24.2 Å². The van der Waals surface area contributed by atoms with Crippen molar-refractivity contribution in [1.82, 2.24) is 9.80 Å². The van der Waals surface area contributed by atoms with E-state index in [9.17, 15) is 9.59 Å². The number of nitrogens with zero attached hydrogens (tertiary/aromatic N) is 2. The maximum absolute atomic E-state index is 13.8. The molecule has 0 spiro atoms. The summed E-state index contributed by atoms with van der Waals surface area (Å²) in [6.07, 6.45) is 0. The van der Waals surface area contributed by atoms with Crippen molar-refractivity contribution in [2.75, 3.05) is 40.3 Å². The van der Waals surface area contributed by atoms with Crippen molar-refractivity contribution in [3.05, 3.63) is 108 Å². The van der Waals surface area contributed by atoms with Gasteiger partial charge in [-0.3, -0.25) is 9.59 Å². The molecule has 0 amide bonds. The number of carbonyl (C=O) groups is 2. The molecule has 1 aliphatic rings. The number of piperidine rings is 1. The number of carbonyl (C=O) groups excluding carboxylic acids is 2. The number of likely N-dealkylation sites (tertiary alicyclic amines) is 1. The lowest BCUT2D eigenvalue weighted by Crippen LogP contribution is -2.51. The summed E-state index contributed by atoms with van der Waals surface area (Å²) in [5.74, 6) is -0.510. The molecule has 0 radical (unpaired) electrons. The molecule has 0 bridgehead atoms. The Morgan fingerprint density at radius 3 is 1.58 bits per heavy atom. The van der Waals surface area contributed by atoms with Crippen LogP contribution in [0.2, 0.25) is 0 Å². The van der Waals surface area contributed by atoms with Gasteiger partial charge in [0.15, 0.2) is 11.6 Å². The number of hydrogen-bond acceptors (Lipinski definition) is 4. The van der Waals surface area contributed by atoms with E-state index in [-0.39, 0.29) is 29.3 Å². The first kappa shape index (κ1) is 23.1. The molecule has 33 heavy (non-hydrogen) atoms. The molecule has 1 aliphatic heterocycles. The minimum absolute atomic E-state index is 0.116. The van der Waals surface area contributed by atoms with Crippen molar-refractivity contribution >= 4 is 11.6 Å². The number of hydrogen-bond donors (Lipinski definition) is 0. The van der Waals surface area contributed by atoms with Gasteiger partial charge in [-0.1, -0.05) is 91.0 Å². The molecular weight excluding hydrogens is 408 g/mol. The normalized spacial score (nSPS) is 21.1. The van der Waals surface area contributed by atoms with Gasteiger partial charge in [0.05, 0.1) is 0 Å². The predicted molar refractivity (Wildman–Crippen MR) is 133 cm³/mol. The van der Waals surface area contributed by atoms with E-state index in [0.717, 1.165) is 18.7 Å². The number of rotatable bonds is 8. The van der Waals surface area contributed by atoms with Crippen LogP contribution >= 0.6 is 0 Å². The lowest BCUT2D eigenvalue weighted by atomic mass is 9.68. The van der Waals surface area contributed by atoms with Crippen LogP contribution in [0.25, 0.3) is 0 Å². The molecule has 0 aromatic heterocycles. The molecule has 4 nitrogen and oxygen atoms in total. The van der Waals surface area contributed by atoms with Gasteiger partial charge in [-0.05, 0) is 19.7 Å². The van der Waals surface area contributed by atoms with Crippen LogP contribution in [0.3, 0.4) is 0 Å². The summed E-state index contributed by atoms with van der Waals surface area (Å²) >= 11 is 0. The smallest absolute Gasteiger partial charge is 0.167 e. The third kappa shape index (κ3) is 5.47. The van der Waals surface area contributed by atoms with Crippen LogP contribution in [-0.4, -0.2) is 61.6 Å². The first-order valence-electron chi connectivity index (χ1n) is 11.6. The van der Waals surface area contributed by atoms with Gasteiger partial charge in [0, 0.05) is 55.1 Å². The highest BCUT2D eigenvalue weighted by Gasteiger charge is 2.44. The average molecular weight is 441 g/mol. The van der Waals surface area contributed by atoms with Crippen molar-refractivity contribution in [3.63, 3.8) is 0 Å². The first-order chi connectivity index (χ1) is 16.0. The summed E-state index contributed by atoms with van der Waals surface area (Å²) in [6, 6.07) is 29.1. The molecule has 1 heterocycles. The van der Waals surface area contributed by atoms with Gasteiger partial charge in [-0.25, -0.2) is 0 Å². The molecule has 0 saturated carbocycles. The number of likely N-dealkylation sites (N-methyl/N-ethyl adjacent to an activating group) is 1. The third-order valence-corrected chi connectivity index (χ3v) is 6.61. The van der Waals surface area contributed by atoms with Crippen molar-refractivity contribution in [2.24, 2.45) is 11.8 Å². The van der Waals surface area contributed by atoms with Crippen molar-refractivity contribution in [3.8, 4) is 0 Å². The highest BCUT2D eigenvalue weighted by Crippen LogP contribution is 2.40. The Labute approximate surface area is 196 Å². The SMILES string of the molecule is CN(C)CCN1CC(C(=O)c2ccccc2)C(c2ccccc2)[C@H](C(=O)c2ccccc2)C1. The van der Waals surface area contributed by atoms with Gasteiger partial charge >= 0.3 is 0 Å². The molecule has 3 aromatic rings. The second kappa shape index (κ2) is 10.7. The summed E-state index contributed by atoms with van der Waals surface area (Å²) in [4.78, 5) is 32.1. The van der Waals surface area contributed by atoms with E-state index >= 15 is 0 Å². The Kier molecular flexibility index (Phi) is 7.48. The first-order valence-corrected chi connectivity index (χ1v) is 11.6. The standard InChI is InChI=1S/C29H32N2O2/c1-30(2)18-19-31-20-25(28(32)23-14-8-4-9-15-23)27(22-12-6-3-7-13-22)26(21-31)29(33)24-16-10-5-11-17-24/h3-17,25-27H,18-21H2,1-2H3/t25-,26?,27?/m1/s1. The Bertz CT molecular complexity index is 989. The minimum atomic E-state index is -0.289. The minimum Gasteiger partial charge on any atom is -0.308 e. The summed E-state index contributed by atoms with van der Waals surface area (Å²) in [7, 11) is 4.10. The monoisotopic (exact) mass is 440 g/mol. The zero-order chi connectivity index (χ0) is 23.2. The zero-order valence-electron chi connectivity index (χ0n) is 19.4. The quantitative estimate of drug-likeness (QED) is 0.478. The van der Waals surface area contributed by atoms with Crippen LogP contribution in [0.15, 0.2) is 91.0 Å². The van der Waals surface area contributed by atoms with Crippen LogP contribution in [-0.2, 0) is 0 Å². The van der Waals surface area contributed by atoms with Crippen LogP contribution in [0.4, 0.5) is 0 Å². The van der Waals surface area contributed by atoms with E-state index < -0.39 is 0 Å². The second-order valence-electron chi connectivity index (χ2n) is 9.17. The highest BCUT2D eigenvalue weighted by molar-refractivity contribution is 6.02. The summed E-state index contributed by atoms with van der Waals surface area (Å²) < 4.78 is 0. The van der Waals surface area contributed by atoms with Gasteiger partial charge in [0.2, 0.25) is 0 Å². The van der Waals surface area contributed by atoms with E-state index in [1.165, 1.54) is 0 Å². The van der Waals surface area contributed by atoms with Gasteiger partial charge in [-0.2, -0.15) is 0 Å². The third-order valence-electron chi connectivity index (χ3n) is 6.61. The van der Waals surface area contributed by atoms with Crippen molar-refractivity contribution in [2.45, 2.75) is 5.92 Å². The van der Waals surface area contributed by atoms with Crippen LogP contribution in [0.1, 0.15) is 32.2 Å². The fraction of sp³-hybridized carbons (Fsp3) is 0.310. The van der Waals surface area contributed by atoms with E-state index in [4.69, 9.17) is 0 Å². The van der Waals surface area contributed by atoms with Gasteiger partial charge in [-0.15, -0.1) is 0 Å². The maximum atomic E-state index is 13.8. The molecule has 170 valence electrons. The van der Waals surface area contributed by atoms with Gasteiger partial charge in [0.25, 0.3) is 0 Å². The molecule has 1 saturated heterocycles. The molecule has 3 atom stereocenters. The fourth-order valence-corrected chi connectivity index (χ4v) is 4.93. The molecule has 0 aliphatic carbocycles. The van der Waals surface area contributed by atoms with Gasteiger partial charge < -0.3 is 9.80 Å². The zero-order valence-corrected chi connectivity index (χ0v) is 19.4. The van der Waals surface area contributed by atoms with E-state index in [1.807, 2.05) is 78.9 Å². The molecule has 4 rings (SSSR count). The Hall–Kier alpha value is -3.08. The van der Waals surface area contributed by atoms with Crippen LogP contribution in [0, 0.1) is 11.8 Å². The maximum Gasteiger partial charge on any atom is 0.167 e. The second-order valence-corrected chi connectivity index (χ2v) is 9.17. The largest absolute Gasteiger partial charge is 0.308 e. The molecule has 1 fully saturated rings. The average Bonchev–Trinajstić information content (AvgIpc) is 2.87. The molecule has 3 aromatic carbocycles. The fourth-order valence-electron chi connectivity index (χ4n) is 4.93. The molecular formula is C29H32N2O2. The van der Waals surface area contributed by atoms with E-state index in [2.05, 4.69) is 36.0 Å². The van der Waals surface area contributed by atoms with Crippen molar-refractivity contribution < 1.29 is 9.59 Å². The predicted octanol–water partition coefficient (Wildman–Crippen LogP) is 4.65. The van der Waals surface area contributed by atoms with E-state index in [1.54, 1.807) is 0 Å². The molecule has 2 unspecified atom stereocenters. The number of ketones is 2. The van der Waals surface area contributed by atoms with Crippen molar-refractivity contribution in [1.29, 1.82) is 0 Å². The topological polar surface area (TPSA) is 40.6 Å². The highest BCUT2D eigenvalue weighted by atomic mass is 16.1.